The molecule has 0 atom stereocenters. The van der Waals surface area contributed by atoms with Crippen LogP contribution in [0.4, 0.5) is 4.39 Å². The average Bonchev–Trinajstić information content (AvgIpc) is 2.30. The Bertz CT molecular complexity index is 562. The molecule has 0 heterocycles. The molecule has 104 valence electrons. The van der Waals surface area contributed by atoms with Crippen LogP contribution in [0.5, 0.6) is 5.75 Å². The highest BCUT2D eigenvalue weighted by Crippen LogP contribution is 2.11. The maximum atomic E-state index is 12.6. The van der Waals surface area contributed by atoms with Gasteiger partial charge in [0.25, 0.3) is 0 Å². The zero-order chi connectivity index (χ0) is 14.5. The molecule has 1 aromatic carbocycles. The lowest BCUT2D eigenvalue weighted by molar-refractivity contribution is 0.339. The van der Waals surface area contributed by atoms with E-state index in [1.807, 2.05) is 6.07 Å². The van der Waals surface area contributed by atoms with Crippen molar-refractivity contribution in [3.05, 3.63) is 30.1 Å². The van der Waals surface area contributed by atoms with Gasteiger partial charge in [-0.3, -0.25) is 0 Å². The molecule has 0 spiro atoms. The quantitative estimate of drug-likeness (QED) is 0.858. The first-order chi connectivity index (χ1) is 8.74. The molecule has 0 saturated heterocycles. The van der Waals surface area contributed by atoms with Gasteiger partial charge < -0.3 is 4.74 Å². The van der Waals surface area contributed by atoms with E-state index in [0.29, 0.717) is 5.75 Å². The normalized spacial score (nSPS) is 11.9. The Labute approximate surface area is 112 Å². The lowest BCUT2D eigenvalue weighted by Gasteiger charge is -2.17. The van der Waals surface area contributed by atoms with Gasteiger partial charge in [0, 0.05) is 0 Å². The minimum atomic E-state index is -3.60. The van der Waals surface area contributed by atoms with Crippen LogP contribution in [-0.4, -0.2) is 26.3 Å². The number of halogens is 1. The van der Waals surface area contributed by atoms with E-state index < -0.39 is 21.4 Å². The van der Waals surface area contributed by atoms with Crippen molar-refractivity contribution in [2.45, 2.75) is 19.4 Å². The molecule has 0 amide bonds. The van der Waals surface area contributed by atoms with E-state index in [4.69, 9.17) is 10.00 Å². The van der Waals surface area contributed by atoms with E-state index in [9.17, 15) is 12.8 Å². The lowest BCUT2D eigenvalue weighted by Crippen LogP contribution is -2.43. The number of nitriles is 1. The van der Waals surface area contributed by atoms with Gasteiger partial charge in [0.05, 0.1) is 11.8 Å². The minimum absolute atomic E-state index is 0.0809. The fourth-order valence-electron chi connectivity index (χ4n) is 1.26. The van der Waals surface area contributed by atoms with E-state index in [1.54, 1.807) is 0 Å². The Morgan fingerprint density at radius 3 is 2.47 bits per heavy atom. The molecular formula is C12H15FN2O3S. The molecule has 0 saturated carbocycles. The van der Waals surface area contributed by atoms with Gasteiger partial charge in [-0.25, -0.2) is 12.8 Å². The summed E-state index contributed by atoms with van der Waals surface area (Å²) in [6, 6.07) is 7.11. The largest absolute Gasteiger partial charge is 0.492 e. The Morgan fingerprint density at radius 1 is 1.37 bits per heavy atom. The Hall–Kier alpha value is -1.65. The van der Waals surface area contributed by atoms with Crippen molar-refractivity contribution in [2.75, 3.05) is 12.4 Å². The van der Waals surface area contributed by atoms with Crippen LogP contribution in [0.3, 0.4) is 0 Å². The second-order valence-electron chi connectivity index (χ2n) is 4.46. The summed E-state index contributed by atoms with van der Waals surface area (Å²) in [5, 5.41) is 8.74. The molecular weight excluding hydrogens is 271 g/mol. The summed E-state index contributed by atoms with van der Waals surface area (Å²) in [7, 11) is -3.60. The molecule has 1 N–H and O–H groups in total. The molecule has 1 aromatic rings. The van der Waals surface area contributed by atoms with Gasteiger partial charge in [-0.2, -0.15) is 9.98 Å². The number of nitrogens with zero attached hydrogens (tertiary/aromatic N) is 1. The maximum Gasteiger partial charge on any atom is 0.216 e. The molecule has 0 aliphatic rings. The van der Waals surface area contributed by atoms with Gasteiger partial charge in [0.15, 0.2) is 0 Å². The molecule has 0 radical (unpaired) electrons. The van der Waals surface area contributed by atoms with Gasteiger partial charge >= 0.3 is 0 Å². The monoisotopic (exact) mass is 286 g/mol. The number of ether oxygens (including phenoxy) is 1. The van der Waals surface area contributed by atoms with Gasteiger partial charge in [-0.1, -0.05) is 0 Å². The summed E-state index contributed by atoms with van der Waals surface area (Å²) in [6.45, 7) is 2.85. The average molecular weight is 286 g/mol. The topological polar surface area (TPSA) is 79.2 Å². The Balaban J connectivity index is 2.49. The van der Waals surface area contributed by atoms with Crippen LogP contribution < -0.4 is 9.46 Å². The van der Waals surface area contributed by atoms with Crippen molar-refractivity contribution in [3.8, 4) is 11.8 Å². The number of hydrogen-bond donors (Lipinski definition) is 1. The molecule has 5 nitrogen and oxygen atoms in total. The smallest absolute Gasteiger partial charge is 0.216 e. The third kappa shape index (κ3) is 5.68. The molecule has 0 aromatic heterocycles. The summed E-state index contributed by atoms with van der Waals surface area (Å²) in [5.41, 5.74) is -1.16. The predicted octanol–water partition coefficient (Wildman–Crippen LogP) is 1.43. The van der Waals surface area contributed by atoms with E-state index in [-0.39, 0.29) is 12.4 Å². The summed E-state index contributed by atoms with van der Waals surface area (Å²) >= 11 is 0. The fraction of sp³-hybridized carbons (Fsp3) is 0.417. The highest BCUT2D eigenvalue weighted by molar-refractivity contribution is 7.89. The number of nitrogens with one attached hydrogen (secondary N) is 1. The van der Waals surface area contributed by atoms with Gasteiger partial charge in [-0.15, -0.1) is 0 Å². The Morgan fingerprint density at radius 2 is 1.95 bits per heavy atom. The molecule has 0 aliphatic heterocycles. The standard InChI is InChI=1S/C12H15FN2O3S/c1-12(2,9-14)15-19(16,17)8-7-18-11-5-3-10(13)4-6-11/h3-6,15H,7-8H2,1-2H3. The predicted molar refractivity (Wildman–Crippen MR) is 68.5 cm³/mol. The summed E-state index contributed by atoms with van der Waals surface area (Å²) < 4.78 is 43.4. The number of benzene rings is 1. The first-order valence-corrected chi connectivity index (χ1v) is 7.21. The van der Waals surface area contributed by atoms with Crippen LogP contribution in [0.15, 0.2) is 24.3 Å². The van der Waals surface area contributed by atoms with Crippen LogP contribution in [0, 0.1) is 17.1 Å². The van der Waals surface area contributed by atoms with Crippen molar-refractivity contribution < 1.29 is 17.5 Å². The molecule has 7 heteroatoms. The summed E-state index contributed by atoms with van der Waals surface area (Å²) in [6.07, 6.45) is 0. The van der Waals surface area contributed by atoms with E-state index in [0.717, 1.165) is 0 Å². The fourth-order valence-corrected chi connectivity index (χ4v) is 2.49. The molecule has 1 rings (SSSR count). The Kier molecular flexibility index (Phi) is 4.86. The van der Waals surface area contributed by atoms with Gasteiger partial charge in [0.1, 0.15) is 23.7 Å². The van der Waals surface area contributed by atoms with E-state index >= 15 is 0 Å². The maximum absolute atomic E-state index is 12.6. The first-order valence-electron chi connectivity index (χ1n) is 5.55. The van der Waals surface area contributed by atoms with Crippen molar-refractivity contribution in [3.63, 3.8) is 0 Å². The van der Waals surface area contributed by atoms with Gasteiger partial charge in [0.2, 0.25) is 10.0 Å². The second kappa shape index (κ2) is 5.99. The van der Waals surface area contributed by atoms with Crippen molar-refractivity contribution in [1.82, 2.24) is 4.72 Å². The first kappa shape index (κ1) is 15.4. The highest BCUT2D eigenvalue weighted by atomic mass is 32.2. The third-order valence-electron chi connectivity index (χ3n) is 2.12. The zero-order valence-corrected chi connectivity index (χ0v) is 11.5. The SMILES string of the molecule is CC(C)(C#N)NS(=O)(=O)CCOc1ccc(F)cc1. The highest BCUT2D eigenvalue weighted by Gasteiger charge is 2.24. The van der Waals surface area contributed by atoms with Crippen molar-refractivity contribution in [2.24, 2.45) is 0 Å². The summed E-state index contributed by atoms with van der Waals surface area (Å²) in [4.78, 5) is 0. The third-order valence-corrected chi connectivity index (χ3v) is 3.65. The molecule has 0 bridgehead atoms. The minimum Gasteiger partial charge on any atom is -0.492 e. The molecule has 0 unspecified atom stereocenters. The van der Waals surface area contributed by atoms with Crippen molar-refractivity contribution in [1.29, 1.82) is 5.26 Å². The van der Waals surface area contributed by atoms with Gasteiger partial charge in [-0.05, 0) is 38.1 Å². The van der Waals surface area contributed by atoms with Crippen LogP contribution >= 0.6 is 0 Å². The number of hydrogen-bond acceptors (Lipinski definition) is 4. The number of sulfonamides is 1. The summed E-state index contributed by atoms with van der Waals surface area (Å²) in [5.74, 6) is -0.288. The van der Waals surface area contributed by atoms with E-state index in [1.165, 1.54) is 38.1 Å². The molecule has 19 heavy (non-hydrogen) atoms. The zero-order valence-electron chi connectivity index (χ0n) is 10.7. The lowest BCUT2D eigenvalue weighted by atomic mass is 10.1. The molecule has 0 aliphatic carbocycles. The molecule has 0 fully saturated rings. The van der Waals surface area contributed by atoms with E-state index in [2.05, 4.69) is 4.72 Å². The van der Waals surface area contributed by atoms with Crippen molar-refractivity contribution >= 4 is 10.0 Å². The second-order valence-corrected chi connectivity index (χ2v) is 6.30. The van der Waals surface area contributed by atoms with Crippen LogP contribution in [0.25, 0.3) is 0 Å². The van der Waals surface area contributed by atoms with Crippen LogP contribution in [0.2, 0.25) is 0 Å². The van der Waals surface area contributed by atoms with Crippen LogP contribution in [0.1, 0.15) is 13.8 Å². The number of rotatable bonds is 6. The van der Waals surface area contributed by atoms with Crippen LogP contribution in [-0.2, 0) is 10.0 Å².